The van der Waals surface area contributed by atoms with Crippen molar-refractivity contribution in [3.8, 4) is 0 Å². The molecule has 0 rings (SSSR count). The average molecular weight is 160 g/mol. The third-order valence-electron chi connectivity index (χ3n) is 2.70. The minimum Gasteiger partial charge on any atom is -0.393 e. The highest BCUT2D eigenvalue weighted by Gasteiger charge is 2.33. The van der Waals surface area contributed by atoms with Gasteiger partial charge in [-0.15, -0.1) is 0 Å². The van der Waals surface area contributed by atoms with Crippen LogP contribution >= 0.6 is 0 Å². The van der Waals surface area contributed by atoms with Crippen LogP contribution in [0.5, 0.6) is 0 Å². The van der Waals surface area contributed by atoms with E-state index in [0.29, 0.717) is 0 Å². The molecule has 2 heteroatoms. The summed E-state index contributed by atoms with van der Waals surface area (Å²) in [5.41, 5.74) is -0.339. The summed E-state index contributed by atoms with van der Waals surface area (Å²) >= 11 is 0. The molecule has 0 bridgehead atoms. The summed E-state index contributed by atoms with van der Waals surface area (Å²) in [4.78, 5) is 0. The molecule has 0 aromatic carbocycles. The van der Waals surface area contributed by atoms with E-state index >= 15 is 0 Å². The molecule has 2 N–H and O–H groups in total. The van der Waals surface area contributed by atoms with Gasteiger partial charge in [0, 0.05) is 5.41 Å². The highest BCUT2D eigenvalue weighted by molar-refractivity contribution is 4.83. The SMILES string of the molecule is CCCC(C)(C(C)O)C(C)O. The van der Waals surface area contributed by atoms with Crippen LogP contribution in [0.4, 0.5) is 0 Å². The second-order valence-corrected chi connectivity index (χ2v) is 3.61. The van der Waals surface area contributed by atoms with E-state index in [4.69, 9.17) is 0 Å². The van der Waals surface area contributed by atoms with Crippen molar-refractivity contribution in [2.45, 2.75) is 52.7 Å². The zero-order valence-corrected chi connectivity index (χ0v) is 7.96. The molecular formula is C9H20O2. The molecule has 0 saturated heterocycles. The van der Waals surface area contributed by atoms with Gasteiger partial charge in [-0.05, 0) is 20.3 Å². The molecule has 2 atom stereocenters. The Labute approximate surface area is 69.2 Å². The van der Waals surface area contributed by atoms with Crippen molar-refractivity contribution in [3.63, 3.8) is 0 Å². The number of hydrogen-bond donors (Lipinski definition) is 2. The lowest BCUT2D eigenvalue weighted by molar-refractivity contribution is -0.0474. The van der Waals surface area contributed by atoms with Gasteiger partial charge in [0.25, 0.3) is 0 Å². The second kappa shape index (κ2) is 4.07. The summed E-state index contributed by atoms with van der Waals surface area (Å²) in [6.07, 6.45) is 0.971. The Morgan fingerprint density at radius 2 is 1.55 bits per heavy atom. The van der Waals surface area contributed by atoms with Gasteiger partial charge in [0.1, 0.15) is 0 Å². The van der Waals surface area contributed by atoms with Gasteiger partial charge in [-0.25, -0.2) is 0 Å². The Morgan fingerprint density at radius 1 is 1.18 bits per heavy atom. The molecule has 0 radical (unpaired) electrons. The Bertz CT molecular complexity index is 100. The van der Waals surface area contributed by atoms with Gasteiger partial charge in [0.2, 0.25) is 0 Å². The molecule has 68 valence electrons. The quantitative estimate of drug-likeness (QED) is 0.655. The number of rotatable bonds is 4. The predicted molar refractivity (Wildman–Crippen MR) is 46.4 cm³/mol. The van der Waals surface area contributed by atoms with E-state index < -0.39 is 12.2 Å². The molecule has 0 heterocycles. The molecule has 11 heavy (non-hydrogen) atoms. The summed E-state index contributed by atoms with van der Waals surface area (Å²) in [5.74, 6) is 0. The van der Waals surface area contributed by atoms with E-state index in [1.54, 1.807) is 13.8 Å². The van der Waals surface area contributed by atoms with Gasteiger partial charge >= 0.3 is 0 Å². The largest absolute Gasteiger partial charge is 0.393 e. The third kappa shape index (κ3) is 2.46. The standard InChI is InChI=1S/C9H20O2/c1-5-6-9(4,7(2)10)8(3)11/h7-8,10-11H,5-6H2,1-4H3. The summed E-state index contributed by atoms with van der Waals surface area (Å²) in [7, 11) is 0. The predicted octanol–water partition coefficient (Wildman–Crippen LogP) is 1.55. The van der Waals surface area contributed by atoms with Gasteiger partial charge in [-0.2, -0.15) is 0 Å². The van der Waals surface area contributed by atoms with Crippen molar-refractivity contribution in [1.82, 2.24) is 0 Å². The van der Waals surface area contributed by atoms with E-state index in [1.807, 2.05) is 6.92 Å². The van der Waals surface area contributed by atoms with E-state index in [9.17, 15) is 10.2 Å². The van der Waals surface area contributed by atoms with Crippen LogP contribution in [0.25, 0.3) is 0 Å². The number of aliphatic hydroxyl groups is 2. The van der Waals surface area contributed by atoms with Crippen molar-refractivity contribution in [2.75, 3.05) is 0 Å². The molecule has 2 unspecified atom stereocenters. The fourth-order valence-electron chi connectivity index (χ4n) is 1.31. The molecule has 0 amide bonds. The van der Waals surface area contributed by atoms with Crippen LogP contribution in [-0.2, 0) is 0 Å². The van der Waals surface area contributed by atoms with E-state index in [2.05, 4.69) is 6.92 Å². The van der Waals surface area contributed by atoms with Crippen LogP contribution in [0.15, 0.2) is 0 Å². The Hall–Kier alpha value is -0.0800. The van der Waals surface area contributed by atoms with Crippen molar-refractivity contribution in [2.24, 2.45) is 5.41 Å². The topological polar surface area (TPSA) is 40.5 Å². The van der Waals surface area contributed by atoms with Crippen LogP contribution < -0.4 is 0 Å². The van der Waals surface area contributed by atoms with Crippen molar-refractivity contribution < 1.29 is 10.2 Å². The maximum atomic E-state index is 9.41. The first-order chi connectivity index (χ1) is 4.95. The van der Waals surface area contributed by atoms with Gasteiger partial charge in [0.05, 0.1) is 12.2 Å². The van der Waals surface area contributed by atoms with E-state index in [-0.39, 0.29) is 5.41 Å². The fourth-order valence-corrected chi connectivity index (χ4v) is 1.31. The van der Waals surface area contributed by atoms with Gasteiger partial charge < -0.3 is 10.2 Å². The van der Waals surface area contributed by atoms with E-state index in [0.717, 1.165) is 12.8 Å². The zero-order valence-electron chi connectivity index (χ0n) is 7.96. The first kappa shape index (κ1) is 10.9. The van der Waals surface area contributed by atoms with Crippen LogP contribution in [0, 0.1) is 5.41 Å². The Kier molecular flexibility index (Phi) is 4.04. The lowest BCUT2D eigenvalue weighted by atomic mass is 9.76. The summed E-state index contributed by atoms with van der Waals surface area (Å²) in [5, 5.41) is 18.8. The maximum Gasteiger partial charge on any atom is 0.0590 e. The highest BCUT2D eigenvalue weighted by Crippen LogP contribution is 2.31. The third-order valence-corrected chi connectivity index (χ3v) is 2.70. The first-order valence-electron chi connectivity index (χ1n) is 4.31. The molecule has 0 aromatic heterocycles. The van der Waals surface area contributed by atoms with Crippen LogP contribution in [0.1, 0.15) is 40.5 Å². The minimum absolute atomic E-state index is 0.339. The molecule has 0 aromatic rings. The van der Waals surface area contributed by atoms with Gasteiger partial charge in [-0.1, -0.05) is 20.3 Å². The van der Waals surface area contributed by atoms with Crippen molar-refractivity contribution in [3.05, 3.63) is 0 Å². The molecule has 2 nitrogen and oxygen atoms in total. The van der Waals surface area contributed by atoms with E-state index in [1.165, 1.54) is 0 Å². The minimum atomic E-state index is -0.442. The number of aliphatic hydroxyl groups excluding tert-OH is 2. The highest BCUT2D eigenvalue weighted by atomic mass is 16.3. The molecule has 0 aliphatic carbocycles. The smallest absolute Gasteiger partial charge is 0.0590 e. The monoisotopic (exact) mass is 160 g/mol. The van der Waals surface area contributed by atoms with Gasteiger partial charge in [0.15, 0.2) is 0 Å². The fraction of sp³-hybridized carbons (Fsp3) is 1.00. The van der Waals surface area contributed by atoms with Crippen LogP contribution in [-0.4, -0.2) is 22.4 Å². The van der Waals surface area contributed by atoms with Crippen LogP contribution in [0.3, 0.4) is 0 Å². The molecular weight excluding hydrogens is 140 g/mol. The zero-order chi connectivity index (χ0) is 9.07. The lowest BCUT2D eigenvalue weighted by Crippen LogP contribution is -2.39. The Balaban J connectivity index is 4.26. The second-order valence-electron chi connectivity index (χ2n) is 3.61. The van der Waals surface area contributed by atoms with Gasteiger partial charge in [-0.3, -0.25) is 0 Å². The van der Waals surface area contributed by atoms with Crippen molar-refractivity contribution in [1.29, 1.82) is 0 Å². The lowest BCUT2D eigenvalue weighted by Gasteiger charge is -2.35. The molecule has 0 aliphatic heterocycles. The average Bonchev–Trinajstić information content (AvgIpc) is 1.87. The summed E-state index contributed by atoms with van der Waals surface area (Å²) in [6, 6.07) is 0. The van der Waals surface area contributed by atoms with Crippen molar-refractivity contribution >= 4 is 0 Å². The Morgan fingerprint density at radius 3 is 1.64 bits per heavy atom. The normalized spacial score (nSPS) is 22.4. The maximum absolute atomic E-state index is 9.41. The molecule has 0 aliphatic rings. The summed E-state index contributed by atoms with van der Waals surface area (Å²) < 4.78 is 0. The van der Waals surface area contributed by atoms with Crippen LogP contribution in [0.2, 0.25) is 0 Å². The number of hydrogen-bond acceptors (Lipinski definition) is 2. The summed E-state index contributed by atoms with van der Waals surface area (Å²) in [6.45, 7) is 7.46. The first-order valence-corrected chi connectivity index (χ1v) is 4.31. The molecule has 0 spiro atoms. The molecule has 0 saturated carbocycles. The molecule has 0 fully saturated rings.